The number of nitrogens with zero attached hydrogens (tertiary/aromatic N) is 5. The SMILES string of the molecule is CCCCc1ncc(C[C@H](NC(=O)CCC)C(=O)O)n1Cc1ccc(-c2nnn[nH]2)cc1. The topological polar surface area (TPSA) is 139 Å². The zero-order valence-electron chi connectivity index (χ0n) is 18.4. The Labute approximate surface area is 186 Å². The highest BCUT2D eigenvalue weighted by Crippen LogP contribution is 2.18. The van der Waals surface area contributed by atoms with Gasteiger partial charge in [0.05, 0.1) is 0 Å². The zero-order valence-corrected chi connectivity index (χ0v) is 18.4. The summed E-state index contributed by atoms with van der Waals surface area (Å²) in [5, 5.41) is 26.1. The summed E-state index contributed by atoms with van der Waals surface area (Å²) in [5.41, 5.74) is 2.70. The number of rotatable bonds is 12. The molecule has 1 atom stereocenters. The third-order valence-electron chi connectivity index (χ3n) is 5.21. The van der Waals surface area contributed by atoms with Gasteiger partial charge in [-0.3, -0.25) is 4.79 Å². The van der Waals surface area contributed by atoms with Crippen molar-refractivity contribution in [2.75, 3.05) is 0 Å². The van der Waals surface area contributed by atoms with Crippen LogP contribution in [0.2, 0.25) is 0 Å². The molecule has 0 aliphatic rings. The maximum absolute atomic E-state index is 12.0. The van der Waals surface area contributed by atoms with Crippen molar-refractivity contribution in [1.82, 2.24) is 35.5 Å². The molecule has 0 fully saturated rings. The smallest absolute Gasteiger partial charge is 0.326 e. The van der Waals surface area contributed by atoms with Gasteiger partial charge < -0.3 is 15.0 Å². The largest absolute Gasteiger partial charge is 0.480 e. The summed E-state index contributed by atoms with van der Waals surface area (Å²) in [4.78, 5) is 28.3. The van der Waals surface area contributed by atoms with Gasteiger partial charge in [-0.2, -0.15) is 0 Å². The van der Waals surface area contributed by atoms with Crippen molar-refractivity contribution in [3.8, 4) is 11.4 Å². The van der Waals surface area contributed by atoms with Crippen molar-refractivity contribution in [3.05, 3.63) is 47.5 Å². The van der Waals surface area contributed by atoms with Crippen LogP contribution in [0, 0.1) is 0 Å². The van der Waals surface area contributed by atoms with Gasteiger partial charge in [-0.25, -0.2) is 14.9 Å². The van der Waals surface area contributed by atoms with Crippen molar-refractivity contribution in [3.63, 3.8) is 0 Å². The van der Waals surface area contributed by atoms with Crippen LogP contribution in [0.4, 0.5) is 0 Å². The third kappa shape index (κ3) is 5.99. The normalized spacial score (nSPS) is 11.9. The molecule has 1 aromatic carbocycles. The summed E-state index contributed by atoms with van der Waals surface area (Å²) in [7, 11) is 0. The molecule has 10 nitrogen and oxygen atoms in total. The number of H-pyrrole nitrogens is 1. The second-order valence-electron chi connectivity index (χ2n) is 7.71. The summed E-state index contributed by atoms with van der Waals surface area (Å²) in [6.07, 6.45) is 5.69. The number of tetrazole rings is 1. The summed E-state index contributed by atoms with van der Waals surface area (Å²) in [5.74, 6) is 0.196. The minimum absolute atomic E-state index is 0.172. The number of imidazole rings is 1. The number of unbranched alkanes of at least 4 members (excludes halogenated alkanes) is 1. The van der Waals surface area contributed by atoms with Crippen molar-refractivity contribution >= 4 is 11.9 Å². The fourth-order valence-electron chi connectivity index (χ4n) is 3.48. The van der Waals surface area contributed by atoms with E-state index < -0.39 is 12.0 Å². The van der Waals surface area contributed by atoms with Gasteiger partial charge in [0.1, 0.15) is 11.9 Å². The standard InChI is InChI=1S/C22H29N7O3/c1-3-5-7-19-23-13-17(12-18(22(31)32)24-20(30)6-4-2)29(19)14-15-8-10-16(11-9-15)21-25-27-28-26-21/h8-11,13,18H,3-7,12,14H2,1-2H3,(H,24,30)(H,31,32)(H,25,26,27,28)/t18-/m0/s1. The van der Waals surface area contributed by atoms with Gasteiger partial charge in [-0.15, -0.1) is 5.10 Å². The fraction of sp³-hybridized carbons (Fsp3) is 0.455. The van der Waals surface area contributed by atoms with Crippen LogP contribution in [0.5, 0.6) is 0 Å². The number of hydrogen-bond acceptors (Lipinski definition) is 6. The molecule has 0 aliphatic carbocycles. The van der Waals surface area contributed by atoms with E-state index in [2.05, 4.69) is 42.4 Å². The Morgan fingerprint density at radius 3 is 2.59 bits per heavy atom. The Hall–Kier alpha value is -3.56. The van der Waals surface area contributed by atoms with Crippen LogP contribution < -0.4 is 5.32 Å². The number of aryl methyl sites for hydroxylation is 1. The van der Waals surface area contributed by atoms with Crippen LogP contribution in [0.25, 0.3) is 11.4 Å². The van der Waals surface area contributed by atoms with Gasteiger partial charge in [0.25, 0.3) is 0 Å². The molecule has 0 saturated carbocycles. The monoisotopic (exact) mass is 439 g/mol. The Balaban J connectivity index is 1.82. The highest BCUT2D eigenvalue weighted by Gasteiger charge is 2.23. The molecule has 3 rings (SSSR count). The van der Waals surface area contributed by atoms with E-state index in [9.17, 15) is 14.7 Å². The van der Waals surface area contributed by atoms with Crippen molar-refractivity contribution in [1.29, 1.82) is 0 Å². The first-order valence-electron chi connectivity index (χ1n) is 10.9. The number of carboxylic acids is 1. The lowest BCUT2D eigenvalue weighted by atomic mass is 10.1. The average Bonchev–Trinajstić information content (AvgIpc) is 3.43. The van der Waals surface area contributed by atoms with Gasteiger partial charge in [-0.1, -0.05) is 44.5 Å². The highest BCUT2D eigenvalue weighted by atomic mass is 16.4. The molecule has 170 valence electrons. The van der Waals surface area contributed by atoms with Gasteiger partial charge in [-0.05, 0) is 28.8 Å². The molecule has 0 bridgehead atoms. The second kappa shape index (κ2) is 11.2. The highest BCUT2D eigenvalue weighted by molar-refractivity contribution is 5.83. The number of hydrogen-bond donors (Lipinski definition) is 3. The Morgan fingerprint density at radius 1 is 1.19 bits per heavy atom. The van der Waals surface area contributed by atoms with Crippen molar-refractivity contribution in [2.45, 2.75) is 65.0 Å². The van der Waals surface area contributed by atoms with E-state index in [0.717, 1.165) is 41.9 Å². The lowest BCUT2D eigenvalue weighted by Gasteiger charge is -2.17. The number of aliphatic carboxylic acids is 1. The maximum Gasteiger partial charge on any atom is 0.326 e. The maximum atomic E-state index is 12.0. The van der Waals surface area contributed by atoms with Crippen molar-refractivity contribution in [2.24, 2.45) is 0 Å². The Morgan fingerprint density at radius 2 is 1.97 bits per heavy atom. The first-order chi connectivity index (χ1) is 15.5. The molecule has 0 spiro atoms. The third-order valence-corrected chi connectivity index (χ3v) is 5.21. The molecule has 32 heavy (non-hydrogen) atoms. The van der Waals surface area contributed by atoms with E-state index in [1.807, 2.05) is 31.2 Å². The number of aromatic amines is 1. The van der Waals surface area contributed by atoms with Crippen LogP contribution in [0.15, 0.2) is 30.5 Å². The predicted molar refractivity (Wildman–Crippen MR) is 118 cm³/mol. The molecule has 2 heterocycles. The predicted octanol–water partition coefficient (Wildman–Crippen LogP) is 2.37. The molecule has 0 radical (unpaired) electrons. The zero-order chi connectivity index (χ0) is 22.9. The van der Waals surface area contributed by atoms with Crippen molar-refractivity contribution < 1.29 is 14.7 Å². The number of carbonyl (C=O) groups excluding carboxylic acids is 1. The molecular formula is C22H29N7O3. The lowest BCUT2D eigenvalue weighted by molar-refractivity contribution is -0.141. The molecule has 3 N–H and O–H groups in total. The molecule has 2 aromatic heterocycles. The van der Waals surface area contributed by atoms with Gasteiger partial charge in [0.15, 0.2) is 5.82 Å². The van der Waals surface area contributed by atoms with Crippen LogP contribution in [0.3, 0.4) is 0 Å². The first kappa shape index (κ1) is 23.1. The van der Waals surface area contributed by atoms with E-state index in [1.165, 1.54) is 0 Å². The number of carboxylic acid groups (broad SMARTS) is 1. The number of aromatic nitrogens is 6. The van der Waals surface area contributed by atoms with Crippen LogP contribution in [-0.4, -0.2) is 53.2 Å². The number of nitrogens with one attached hydrogen (secondary N) is 2. The van der Waals surface area contributed by atoms with Crippen LogP contribution in [0.1, 0.15) is 56.6 Å². The number of carbonyl (C=O) groups is 2. The summed E-state index contributed by atoms with van der Waals surface area (Å²) in [6, 6.07) is 6.85. The first-order valence-corrected chi connectivity index (χ1v) is 10.9. The molecule has 0 saturated heterocycles. The molecule has 3 aromatic rings. The van der Waals surface area contributed by atoms with Crippen LogP contribution in [-0.2, 0) is 29.0 Å². The molecule has 1 amide bonds. The average molecular weight is 440 g/mol. The van der Waals surface area contributed by atoms with Gasteiger partial charge in [0, 0.05) is 43.3 Å². The van der Waals surface area contributed by atoms with E-state index in [-0.39, 0.29) is 12.3 Å². The van der Waals surface area contributed by atoms with E-state index in [0.29, 0.717) is 25.2 Å². The van der Waals surface area contributed by atoms with Gasteiger partial charge in [0.2, 0.25) is 5.91 Å². The quantitative estimate of drug-likeness (QED) is 0.394. The second-order valence-corrected chi connectivity index (χ2v) is 7.71. The summed E-state index contributed by atoms with van der Waals surface area (Å²) < 4.78 is 2.06. The Kier molecular flexibility index (Phi) is 8.07. The lowest BCUT2D eigenvalue weighted by Crippen LogP contribution is -2.42. The molecule has 10 heteroatoms. The summed E-state index contributed by atoms with van der Waals surface area (Å²) in [6.45, 7) is 4.56. The molecule has 0 aliphatic heterocycles. The molecular weight excluding hydrogens is 410 g/mol. The van der Waals surface area contributed by atoms with Gasteiger partial charge >= 0.3 is 5.97 Å². The van der Waals surface area contributed by atoms with E-state index in [1.54, 1.807) is 6.20 Å². The van der Waals surface area contributed by atoms with Crippen LogP contribution >= 0.6 is 0 Å². The number of amides is 1. The fourth-order valence-corrected chi connectivity index (χ4v) is 3.48. The van der Waals surface area contributed by atoms with E-state index >= 15 is 0 Å². The Bertz CT molecular complexity index is 1010. The number of benzene rings is 1. The molecule has 0 unspecified atom stereocenters. The van der Waals surface area contributed by atoms with E-state index in [4.69, 9.17) is 0 Å². The minimum Gasteiger partial charge on any atom is -0.480 e. The summed E-state index contributed by atoms with van der Waals surface area (Å²) >= 11 is 0. The minimum atomic E-state index is -1.05.